The van der Waals surface area contributed by atoms with Crippen LogP contribution in [0.3, 0.4) is 0 Å². The molecular formula is C15H19N5O4S2. The molecule has 140 valence electrons. The van der Waals surface area contributed by atoms with Crippen LogP contribution in [0.15, 0.2) is 29.2 Å². The third-order valence-electron chi connectivity index (χ3n) is 4.11. The Hall–Kier alpha value is -2.11. The molecule has 3 rings (SSSR count). The number of hydrogen-bond acceptors (Lipinski definition) is 8. The van der Waals surface area contributed by atoms with E-state index >= 15 is 0 Å². The van der Waals surface area contributed by atoms with E-state index in [1.54, 1.807) is 0 Å². The summed E-state index contributed by atoms with van der Waals surface area (Å²) in [7, 11) is -3.91. The fourth-order valence-electron chi connectivity index (χ4n) is 2.77. The van der Waals surface area contributed by atoms with Crippen LogP contribution >= 0.6 is 11.3 Å². The molecule has 2 aromatic rings. The van der Waals surface area contributed by atoms with Gasteiger partial charge < -0.3 is 4.90 Å². The van der Waals surface area contributed by atoms with E-state index in [1.807, 2.05) is 4.90 Å². The van der Waals surface area contributed by atoms with Crippen LogP contribution in [0.2, 0.25) is 0 Å². The van der Waals surface area contributed by atoms with E-state index < -0.39 is 20.6 Å². The van der Waals surface area contributed by atoms with Crippen molar-refractivity contribution in [1.29, 1.82) is 0 Å². The molecule has 1 fully saturated rings. The maximum Gasteiger partial charge on any atom is 0.289 e. The summed E-state index contributed by atoms with van der Waals surface area (Å²) in [5, 5.41) is 21.2. The van der Waals surface area contributed by atoms with Gasteiger partial charge in [-0.3, -0.25) is 10.1 Å². The minimum atomic E-state index is -3.91. The summed E-state index contributed by atoms with van der Waals surface area (Å²) >= 11 is 1.52. The Labute approximate surface area is 155 Å². The van der Waals surface area contributed by atoms with Crippen molar-refractivity contribution >= 4 is 32.2 Å². The zero-order chi connectivity index (χ0) is 18.7. The van der Waals surface area contributed by atoms with Crippen LogP contribution in [0.1, 0.15) is 18.4 Å². The average Bonchev–Trinajstić information content (AvgIpc) is 3.11. The van der Waals surface area contributed by atoms with Crippen molar-refractivity contribution in [2.45, 2.75) is 24.7 Å². The maximum absolute atomic E-state index is 12.8. The maximum atomic E-state index is 12.8. The Morgan fingerprint density at radius 1 is 1.19 bits per heavy atom. The number of nitro groups is 1. The number of benzene rings is 1. The van der Waals surface area contributed by atoms with Crippen molar-refractivity contribution in [3.05, 3.63) is 39.4 Å². The number of para-hydroxylation sites is 1. The lowest BCUT2D eigenvalue weighted by Gasteiger charge is -2.33. The summed E-state index contributed by atoms with van der Waals surface area (Å²) in [6, 6.07) is 5.44. The second-order valence-corrected chi connectivity index (χ2v) is 8.79. The second kappa shape index (κ2) is 7.64. The number of piperazine rings is 1. The number of aryl methyl sites for hydroxylation is 1. The van der Waals surface area contributed by atoms with Crippen molar-refractivity contribution < 1.29 is 13.3 Å². The standard InChI is InChI=1S/C15H19N5O4S2/c1-2-5-14-16-17-15(25-14)18-8-10-19(11-9-18)26(23,24)13-7-4-3-6-12(13)20(21)22/h3-4,6-7H,2,5,8-11H2,1H3. The van der Waals surface area contributed by atoms with Gasteiger partial charge in [-0.25, -0.2) is 8.42 Å². The van der Waals surface area contributed by atoms with Gasteiger partial charge in [-0.1, -0.05) is 30.4 Å². The van der Waals surface area contributed by atoms with E-state index in [2.05, 4.69) is 17.1 Å². The number of nitrogens with zero attached hydrogens (tertiary/aromatic N) is 5. The molecule has 0 saturated carbocycles. The average molecular weight is 397 g/mol. The first-order valence-electron chi connectivity index (χ1n) is 8.24. The fourth-order valence-corrected chi connectivity index (χ4v) is 5.34. The van der Waals surface area contributed by atoms with Crippen LogP contribution in [0, 0.1) is 10.1 Å². The van der Waals surface area contributed by atoms with Crippen LogP contribution in [-0.2, 0) is 16.4 Å². The monoisotopic (exact) mass is 397 g/mol. The van der Waals surface area contributed by atoms with Crippen molar-refractivity contribution in [3.8, 4) is 0 Å². The molecule has 0 atom stereocenters. The van der Waals surface area contributed by atoms with Gasteiger partial charge in [-0.05, 0) is 12.5 Å². The largest absolute Gasteiger partial charge is 0.344 e. The lowest BCUT2D eigenvalue weighted by Crippen LogP contribution is -2.48. The lowest BCUT2D eigenvalue weighted by atomic mass is 10.3. The Balaban J connectivity index is 1.74. The van der Waals surface area contributed by atoms with Gasteiger partial charge in [0.25, 0.3) is 5.69 Å². The normalized spacial score (nSPS) is 16.0. The number of aromatic nitrogens is 2. The Kier molecular flexibility index (Phi) is 5.49. The van der Waals surface area contributed by atoms with Gasteiger partial charge in [0, 0.05) is 38.7 Å². The molecular weight excluding hydrogens is 378 g/mol. The minimum Gasteiger partial charge on any atom is -0.344 e. The minimum absolute atomic E-state index is 0.247. The predicted octanol–water partition coefficient (Wildman–Crippen LogP) is 1.91. The van der Waals surface area contributed by atoms with E-state index in [0.29, 0.717) is 13.1 Å². The highest BCUT2D eigenvalue weighted by atomic mass is 32.2. The van der Waals surface area contributed by atoms with Gasteiger partial charge in [0.1, 0.15) is 5.01 Å². The smallest absolute Gasteiger partial charge is 0.289 e. The Morgan fingerprint density at radius 2 is 1.88 bits per heavy atom. The lowest BCUT2D eigenvalue weighted by molar-refractivity contribution is -0.387. The first-order valence-corrected chi connectivity index (χ1v) is 10.5. The van der Waals surface area contributed by atoms with Gasteiger partial charge in [-0.15, -0.1) is 10.2 Å². The third kappa shape index (κ3) is 3.69. The van der Waals surface area contributed by atoms with Crippen molar-refractivity contribution in [1.82, 2.24) is 14.5 Å². The fraction of sp³-hybridized carbons (Fsp3) is 0.467. The molecule has 1 aliphatic rings. The van der Waals surface area contributed by atoms with E-state index in [1.165, 1.54) is 39.9 Å². The molecule has 0 amide bonds. The quantitative estimate of drug-likeness (QED) is 0.541. The molecule has 2 heterocycles. The topological polar surface area (TPSA) is 110 Å². The highest BCUT2D eigenvalue weighted by Crippen LogP contribution is 2.28. The summed E-state index contributed by atoms with van der Waals surface area (Å²) in [6.07, 6.45) is 1.88. The van der Waals surface area contributed by atoms with Crippen LogP contribution < -0.4 is 4.90 Å². The third-order valence-corrected chi connectivity index (χ3v) is 7.10. The van der Waals surface area contributed by atoms with E-state index in [9.17, 15) is 18.5 Å². The van der Waals surface area contributed by atoms with Crippen LogP contribution in [-0.4, -0.2) is 54.0 Å². The molecule has 1 saturated heterocycles. The second-order valence-electron chi connectivity index (χ2n) is 5.84. The molecule has 0 radical (unpaired) electrons. The SMILES string of the molecule is CCCc1nnc(N2CCN(S(=O)(=O)c3ccccc3[N+](=O)[O-])CC2)s1. The highest BCUT2D eigenvalue weighted by Gasteiger charge is 2.34. The van der Waals surface area contributed by atoms with E-state index in [0.717, 1.165) is 23.0 Å². The zero-order valence-corrected chi connectivity index (χ0v) is 15.9. The molecule has 0 unspecified atom stereocenters. The molecule has 1 aromatic carbocycles. The number of rotatable bonds is 6. The summed E-state index contributed by atoms with van der Waals surface area (Å²) in [4.78, 5) is 12.2. The van der Waals surface area contributed by atoms with Gasteiger partial charge in [0.05, 0.1) is 4.92 Å². The summed E-state index contributed by atoms with van der Waals surface area (Å²) in [6.45, 7) is 3.52. The Bertz CT molecular complexity index is 891. The molecule has 0 bridgehead atoms. The summed E-state index contributed by atoms with van der Waals surface area (Å²) in [5.41, 5.74) is -0.400. The van der Waals surface area contributed by atoms with E-state index in [-0.39, 0.29) is 18.0 Å². The molecule has 0 spiro atoms. The molecule has 26 heavy (non-hydrogen) atoms. The van der Waals surface area contributed by atoms with Crippen LogP contribution in [0.25, 0.3) is 0 Å². The Morgan fingerprint density at radius 3 is 2.54 bits per heavy atom. The van der Waals surface area contributed by atoms with Crippen molar-refractivity contribution in [2.24, 2.45) is 0 Å². The summed E-state index contributed by atoms with van der Waals surface area (Å²) in [5.74, 6) is 0. The molecule has 1 aliphatic heterocycles. The van der Waals surface area contributed by atoms with Crippen molar-refractivity contribution in [3.63, 3.8) is 0 Å². The van der Waals surface area contributed by atoms with Crippen LogP contribution in [0.5, 0.6) is 0 Å². The molecule has 9 nitrogen and oxygen atoms in total. The molecule has 0 N–H and O–H groups in total. The van der Waals surface area contributed by atoms with Crippen LogP contribution in [0.4, 0.5) is 10.8 Å². The van der Waals surface area contributed by atoms with E-state index in [4.69, 9.17) is 0 Å². The highest BCUT2D eigenvalue weighted by molar-refractivity contribution is 7.89. The first kappa shape index (κ1) is 18.7. The summed E-state index contributed by atoms with van der Waals surface area (Å²) < 4.78 is 26.9. The molecule has 11 heteroatoms. The van der Waals surface area contributed by atoms with Gasteiger partial charge in [-0.2, -0.15) is 4.31 Å². The number of anilines is 1. The number of nitro benzene ring substituents is 1. The van der Waals surface area contributed by atoms with Gasteiger partial charge >= 0.3 is 0 Å². The van der Waals surface area contributed by atoms with Crippen molar-refractivity contribution in [2.75, 3.05) is 31.1 Å². The molecule has 0 aliphatic carbocycles. The molecule has 1 aromatic heterocycles. The number of sulfonamides is 1. The predicted molar refractivity (Wildman–Crippen MR) is 98.0 cm³/mol. The van der Waals surface area contributed by atoms with Gasteiger partial charge in [0.15, 0.2) is 4.90 Å². The first-order chi connectivity index (χ1) is 12.4. The van der Waals surface area contributed by atoms with Gasteiger partial charge in [0.2, 0.25) is 15.2 Å². The zero-order valence-electron chi connectivity index (χ0n) is 14.2. The number of hydrogen-bond donors (Lipinski definition) is 0.